The molecule has 505 valence electrons. The van der Waals surface area contributed by atoms with Crippen molar-refractivity contribution in [3.05, 3.63) is 105 Å². The first kappa shape index (κ1) is 78.3. The molecule has 3 aromatic heterocycles. The van der Waals surface area contributed by atoms with Crippen molar-refractivity contribution in [2.75, 3.05) is 39.0 Å². The summed E-state index contributed by atoms with van der Waals surface area (Å²) in [7, 11) is -3.31. The number of aromatic amines is 2. The van der Waals surface area contributed by atoms with Gasteiger partial charge >= 0.3 is 80.4 Å². The number of H-pyrrole nitrogens is 2. The zero-order valence-corrected chi connectivity index (χ0v) is 59.4. The molecule has 32 heteroatoms. The maximum Gasteiger partial charge on any atom is 2.00 e. The average molecular weight is 1400 g/mol. The number of ether oxygens (including phenoxy) is 1. The molecule has 8 atom stereocenters. The van der Waals surface area contributed by atoms with E-state index in [0.29, 0.717) is 62.3 Å². The molecule has 1 radical (unpaired) electrons. The first-order chi connectivity index (χ1) is 44.1. The smallest absolute Gasteiger partial charge is 0.481 e. The molecule has 7 amide bonds. The number of ketones is 1. The van der Waals surface area contributed by atoms with Gasteiger partial charge in [-0.1, -0.05) is 51.1 Å². The zero-order valence-electron chi connectivity index (χ0n) is 54.3. The molecule has 3 aliphatic rings. The molecule has 6 heterocycles. The van der Waals surface area contributed by atoms with Gasteiger partial charge in [-0.05, 0) is 94.2 Å². The normalized spacial score (nSPS) is 20.1. The molecule has 7 rings (SSSR count). The van der Waals surface area contributed by atoms with Crippen LogP contribution in [0.2, 0.25) is 0 Å². The maximum atomic E-state index is 14.5. The van der Waals surface area contributed by atoms with Crippen molar-refractivity contribution in [2.45, 2.75) is 154 Å². The molecular formula is C63H82KMnN14O15S+3. The number of carboxylic acid groups (broad SMARTS) is 1. The van der Waals surface area contributed by atoms with Gasteiger partial charge in [-0.15, -0.1) is 0 Å². The maximum absolute atomic E-state index is 14.5. The number of Topliss-reactive ketones (excluding diaryl/α,β-unsaturated/α-hetero) is 1. The van der Waals surface area contributed by atoms with E-state index in [1.54, 1.807) is 56.3 Å². The Morgan fingerprint density at radius 2 is 1.32 bits per heavy atom. The summed E-state index contributed by atoms with van der Waals surface area (Å²) < 4.78 is 38.4. The van der Waals surface area contributed by atoms with Gasteiger partial charge in [0.25, 0.3) is 16.0 Å². The van der Waals surface area contributed by atoms with Gasteiger partial charge < -0.3 is 68.5 Å². The molecule has 8 bridgehead atoms. The van der Waals surface area contributed by atoms with E-state index in [0.717, 1.165) is 0 Å². The third-order valence-corrected chi connectivity index (χ3v) is 17.6. The van der Waals surface area contributed by atoms with E-state index in [9.17, 15) is 66.0 Å². The molecule has 0 saturated carbocycles. The van der Waals surface area contributed by atoms with Crippen LogP contribution in [0.1, 0.15) is 168 Å². The fourth-order valence-corrected chi connectivity index (χ4v) is 12.3. The van der Waals surface area contributed by atoms with Gasteiger partial charge in [-0.25, -0.2) is 0 Å². The van der Waals surface area contributed by atoms with Crippen molar-refractivity contribution in [1.82, 2.24) is 57.2 Å². The number of esters is 1. The van der Waals surface area contributed by atoms with Crippen LogP contribution >= 0.6 is 0 Å². The van der Waals surface area contributed by atoms with Gasteiger partial charge in [0.15, 0.2) is 11.7 Å². The third kappa shape index (κ3) is 21.0. The number of rotatable bonds is 23. The number of nitrogens with zero attached hydrogens (tertiary/aromatic N) is 3. The summed E-state index contributed by atoms with van der Waals surface area (Å²) in [6.07, 6.45) is -0.685. The molecule has 15 N–H and O–H groups in total. The van der Waals surface area contributed by atoms with Crippen LogP contribution in [-0.2, 0) is 83.1 Å². The largest absolute Gasteiger partial charge is 2.00 e. The van der Waals surface area contributed by atoms with Crippen molar-refractivity contribution in [3.8, 4) is 0 Å². The van der Waals surface area contributed by atoms with Crippen LogP contribution in [0.4, 0.5) is 0 Å². The molecular weight excluding hydrogens is 1320 g/mol. The first-order valence-corrected chi connectivity index (χ1v) is 32.3. The zero-order chi connectivity index (χ0) is 68.0. The fourth-order valence-electron chi connectivity index (χ4n) is 11.9. The van der Waals surface area contributed by atoms with Crippen molar-refractivity contribution >= 4 is 97.2 Å². The van der Waals surface area contributed by atoms with Crippen molar-refractivity contribution in [3.63, 3.8) is 0 Å². The Bertz CT molecular complexity index is 3880. The van der Waals surface area contributed by atoms with Gasteiger partial charge in [-0.3, -0.25) is 67.5 Å². The van der Waals surface area contributed by atoms with Crippen LogP contribution in [0.15, 0.2) is 53.5 Å². The van der Waals surface area contributed by atoms with Crippen LogP contribution in [0.5, 0.6) is 0 Å². The van der Waals surface area contributed by atoms with E-state index in [1.807, 2.05) is 26.8 Å². The Balaban J connectivity index is 0.00000817. The Labute approximate surface area is 602 Å². The van der Waals surface area contributed by atoms with Gasteiger partial charge in [-0.2, -0.15) is 8.42 Å². The van der Waals surface area contributed by atoms with E-state index in [2.05, 4.69) is 52.2 Å². The summed E-state index contributed by atoms with van der Waals surface area (Å²) in [6.45, 7) is 9.71. The number of methoxy groups -OCH3 is 1. The number of carboxylic acids is 1. The quantitative estimate of drug-likeness (QED) is 0.00820. The number of nitrogens with one attached hydrogen (secondary N) is 9. The minimum Gasteiger partial charge on any atom is -0.481 e. The number of hydrogen-bond acceptors (Lipinski definition) is 16. The van der Waals surface area contributed by atoms with Crippen LogP contribution in [0.3, 0.4) is 0 Å². The van der Waals surface area contributed by atoms with E-state index in [-0.39, 0.29) is 172 Å². The Kier molecular flexibility index (Phi) is 29.3. The molecule has 1 aromatic carbocycles. The molecule has 3 aliphatic heterocycles. The minimum absolute atomic E-state index is 0. The number of carbonyl (C=O) groups excluding carboxylic acids is 9. The SMILES string of the molecule is CC[C@H]1c2cc3[nH]c(c(CC(=O)OC)c4nc(cc5[nH]c(cc(n2)[C@@H]1C)c(C(C)=O)c5C)[C@@H](C)[C@@H]4CC(=O)NCCCC[C@@H]1NC(=O)[C@@H](Cc2ccccc2)NC(=O)[C@H](CC(=O)O)NC(=O)CNC(=O)[C@H](CCCN=C(N)N)NC1=O)c(C(=O)NCCS(=O)(=O)O)c3C.[K+].[Mn+2]. The average Bonchev–Trinajstić information content (AvgIpc) is 1.61. The minimum atomic E-state index is -4.50. The first-order valence-electron chi connectivity index (χ1n) is 30.7. The van der Waals surface area contributed by atoms with E-state index in [1.165, 1.54) is 14.0 Å². The van der Waals surface area contributed by atoms with Crippen LogP contribution in [-0.4, -0.2) is 166 Å². The van der Waals surface area contributed by atoms with Gasteiger partial charge in [0.1, 0.15) is 24.2 Å². The standard InChI is InChI=1S/C63H82N14O15S.K.Mn/c1-8-37-31(2)42-28-47-54(35(6)78)33(4)44(71-47)26-43-32(3)38(56(73-43)39(25-53(83)92-7)57-55(62(88)67-21-22-93(89,90)91)34(5)45(74-57)27-46(37)70-42)24-50(79)66-19-13-12-17-41-59(85)75-40(18-14-20-68-63(64)65)58(84)69-30-51(80)72-49(29-52(81)82)61(87)77-48(60(86)76-41)23-36-15-10-9-11-16-36;;/h9-11,15-16,26-28,31-32,37-38,40-41,48-49,71,74H,8,12-14,17-25,29-30H2,1-7H3,(H,66,79)(H,67,88)(H,69,84)(H,72,80)(H,75,85)(H,76,86)(H,77,87)(H,81,82)(H4,64,65,68)(H,89,90,91);;/q;+1;+2/t31-,32+,37-,38+,40+,41+,48-,49+;;/m1../s1. The number of aromatic nitrogens is 4. The summed E-state index contributed by atoms with van der Waals surface area (Å²) in [5, 5.41) is 27.9. The predicted octanol–water partition coefficient (Wildman–Crippen LogP) is -0.830. The van der Waals surface area contributed by atoms with E-state index >= 15 is 0 Å². The van der Waals surface area contributed by atoms with Crippen LogP contribution in [0, 0.1) is 13.8 Å². The molecule has 1 fully saturated rings. The summed E-state index contributed by atoms with van der Waals surface area (Å²) in [5.41, 5.74) is 16.9. The molecule has 29 nitrogen and oxygen atoms in total. The summed E-state index contributed by atoms with van der Waals surface area (Å²) in [4.78, 5) is 158. The predicted molar refractivity (Wildman–Crippen MR) is 342 cm³/mol. The van der Waals surface area contributed by atoms with Crippen molar-refractivity contribution in [1.29, 1.82) is 0 Å². The number of nitrogens with two attached hydrogens (primary N) is 2. The molecule has 1 saturated heterocycles. The number of fused-ring (bicyclic) bond motifs is 8. The number of aryl methyl sites for hydroxylation is 2. The molecule has 95 heavy (non-hydrogen) atoms. The molecule has 0 spiro atoms. The van der Waals surface area contributed by atoms with Crippen molar-refractivity contribution < 1.29 is 139 Å². The Morgan fingerprint density at radius 3 is 1.96 bits per heavy atom. The number of hydrogen-bond donors (Lipinski definition) is 13. The van der Waals surface area contributed by atoms with Gasteiger partial charge in [0.2, 0.25) is 35.4 Å². The molecule has 0 unspecified atom stereocenters. The number of carbonyl (C=O) groups is 10. The Morgan fingerprint density at radius 1 is 0.726 bits per heavy atom. The Hall–Kier alpha value is -7.42. The topological polar surface area (TPSA) is 460 Å². The second kappa shape index (κ2) is 35.5. The van der Waals surface area contributed by atoms with Crippen LogP contribution in [0.25, 0.3) is 22.1 Å². The van der Waals surface area contributed by atoms with Crippen molar-refractivity contribution in [2.24, 2.45) is 16.5 Å². The fraction of sp³-hybridized carbons (Fsp3) is 0.476. The number of aliphatic imine (C=N–C) groups is 1. The number of benzene rings is 1. The molecule has 0 aliphatic carbocycles. The third-order valence-electron chi connectivity index (χ3n) is 16.9. The second-order valence-corrected chi connectivity index (χ2v) is 25.1. The van der Waals surface area contributed by atoms with Gasteiger partial charge in [0, 0.05) is 95.4 Å². The second-order valence-electron chi connectivity index (χ2n) is 23.5. The number of amides is 7. The monoisotopic (exact) mass is 1400 g/mol. The number of unbranched alkanes of at least 4 members (excludes halogenated alkanes) is 1. The summed E-state index contributed by atoms with van der Waals surface area (Å²) >= 11 is 0. The number of aliphatic carboxylic acids is 1. The van der Waals surface area contributed by atoms with E-state index in [4.69, 9.17) is 26.2 Å². The van der Waals surface area contributed by atoms with Gasteiger partial charge in [0.05, 0.1) is 54.5 Å². The molecule has 4 aromatic rings. The summed E-state index contributed by atoms with van der Waals surface area (Å²) in [5.74, 6) is -10.7. The van der Waals surface area contributed by atoms with E-state index < -0.39 is 131 Å². The number of guanidine groups is 1. The summed E-state index contributed by atoms with van der Waals surface area (Å²) in [6, 6.07) is 8.13. The van der Waals surface area contributed by atoms with Crippen LogP contribution < -0.4 is 100 Å².